The highest BCUT2D eigenvalue weighted by Gasteiger charge is 2.26. The van der Waals surface area contributed by atoms with Crippen LogP contribution in [0.25, 0.3) is 0 Å². The summed E-state index contributed by atoms with van der Waals surface area (Å²) in [5, 5.41) is -0.375. The maximum absolute atomic E-state index is 12.9. The van der Waals surface area contributed by atoms with E-state index in [1.807, 2.05) is 6.92 Å². The number of anilines is 1. The smallest absolute Gasteiger partial charge is 0.264 e. The summed E-state index contributed by atoms with van der Waals surface area (Å²) < 4.78 is 32.2. The number of nitrogens with zero attached hydrogens (tertiary/aromatic N) is 1. The first-order valence-electron chi connectivity index (χ1n) is 7.54. The van der Waals surface area contributed by atoms with Gasteiger partial charge in [-0.05, 0) is 66.6 Å². The molecule has 2 rings (SSSR count). The monoisotopic (exact) mass is 401 g/mol. The zero-order valence-corrected chi connectivity index (χ0v) is 15.8. The van der Waals surface area contributed by atoms with Crippen molar-refractivity contribution in [1.29, 1.82) is 0 Å². The van der Waals surface area contributed by atoms with Gasteiger partial charge in [-0.15, -0.1) is 0 Å². The van der Waals surface area contributed by atoms with Crippen LogP contribution in [0.5, 0.6) is 5.75 Å². The Balaban J connectivity index is 2.38. The van der Waals surface area contributed by atoms with Crippen LogP contribution in [0.15, 0.2) is 53.4 Å². The Morgan fingerprint density at radius 3 is 2.20 bits per heavy atom. The fourth-order valence-electron chi connectivity index (χ4n) is 2.09. The van der Waals surface area contributed by atoms with Gasteiger partial charge in [-0.3, -0.25) is 9.10 Å². The van der Waals surface area contributed by atoms with E-state index in [2.05, 4.69) is 0 Å². The quantitative estimate of drug-likeness (QED) is 0.624. The number of hydrogen-bond donors (Lipinski definition) is 0. The molecule has 0 amide bonds. The van der Waals surface area contributed by atoms with Gasteiger partial charge >= 0.3 is 0 Å². The third-order valence-electron chi connectivity index (χ3n) is 3.27. The van der Waals surface area contributed by atoms with Crippen molar-refractivity contribution in [2.45, 2.75) is 18.2 Å². The maximum Gasteiger partial charge on any atom is 0.264 e. The molecular weight excluding hydrogens is 385 g/mol. The van der Waals surface area contributed by atoms with Crippen LogP contribution in [-0.2, 0) is 14.8 Å². The molecule has 0 bridgehead atoms. The molecule has 134 valence electrons. The number of carbonyl (C=O) groups excluding carboxylic acids is 1. The van der Waals surface area contributed by atoms with Crippen LogP contribution >= 0.6 is 23.2 Å². The zero-order valence-electron chi connectivity index (χ0n) is 13.5. The second-order valence-corrected chi connectivity index (χ2v) is 7.88. The first kappa shape index (κ1) is 19.6. The van der Waals surface area contributed by atoms with Crippen molar-refractivity contribution < 1.29 is 17.9 Å². The SMILES string of the molecule is CCCOc1ccc(N(CC(=O)Cl)S(=O)(=O)c2ccc(Cl)cc2)cc1. The summed E-state index contributed by atoms with van der Waals surface area (Å²) in [4.78, 5) is 11.4. The minimum absolute atomic E-state index is 0.0149. The number of benzene rings is 2. The van der Waals surface area contributed by atoms with E-state index in [0.717, 1.165) is 10.7 Å². The normalized spacial score (nSPS) is 11.2. The average molecular weight is 402 g/mol. The predicted molar refractivity (Wildman–Crippen MR) is 99.1 cm³/mol. The highest BCUT2D eigenvalue weighted by molar-refractivity contribution is 7.92. The molecule has 0 saturated carbocycles. The van der Waals surface area contributed by atoms with Gasteiger partial charge in [-0.2, -0.15) is 0 Å². The fraction of sp³-hybridized carbons (Fsp3) is 0.235. The number of ether oxygens (including phenoxy) is 1. The van der Waals surface area contributed by atoms with Crippen LogP contribution in [-0.4, -0.2) is 26.8 Å². The molecule has 0 aliphatic rings. The van der Waals surface area contributed by atoms with Gasteiger partial charge in [0.2, 0.25) is 5.24 Å². The summed E-state index contributed by atoms with van der Waals surface area (Å²) >= 11 is 11.3. The number of rotatable bonds is 8. The molecule has 0 N–H and O–H groups in total. The molecule has 8 heteroatoms. The van der Waals surface area contributed by atoms with Gasteiger partial charge in [0.25, 0.3) is 10.0 Å². The van der Waals surface area contributed by atoms with Crippen LogP contribution in [0.4, 0.5) is 5.69 Å². The molecule has 0 radical (unpaired) electrons. The molecule has 0 fully saturated rings. The van der Waals surface area contributed by atoms with Crippen molar-refractivity contribution in [2.75, 3.05) is 17.5 Å². The summed E-state index contributed by atoms with van der Waals surface area (Å²) in [6.07, 6.45) is 0.861. The van der Waals surface area contributed by atoms with E-state index in [0.29, 0.717) is 23.1 Å². The van der Waals surface area contributed by atoms with Gasteiger partial charge in [0.15, 0.2) is 0 Å². The van der Waals surface area contributed by atoms with Crippen molar-refractivity contribution in [3.8, 4) is 5.75 Å². The lowest BCUT2D eigenvalue weighted by molar-refractivity contribution is -0.110. The Morgan fingerprint density at radius 1 is 1.08 bits per heavy atom. The Kier molecular flexibility index (Phi) is 6.70. The van der Waals surface area contributed by atoms with Gasteiger partial charge in [0, 0.05) is 5.02 Å². The van der Waals surface area contributed by atoms with Crippen LogP contribution < -0.4 is 9.04 Å². The molecular formula is C17H17Cl2NO4S. The Labute approximate surface area is 157 Å². The fourth-order valence-corrected chi connectivity index (χ4v) is 3.83. The van der Waals surface area contributed by atoms with Gasteiger partial charge in [-0.25, -0.2) is 8.42 Å². The Morgan fingerprint density at radius 2 is 1.68 bits per heavy atom. The molecule has 0 heterocycles. The van der Waals surface area contributed by atoms with Crippen LogP contribution in [0.2, 0.25) is 5.02 Å². The van der Waals surface area contributed by atoms with E-state index in [4.69, 9.17) is 27.9 Å². The second kappa shape index (κ2) is 8.56. The van der Waals surface area contributed by atoms with Crippen molar-refractivity contribution in [3.05, 3.63) is 53.6 Å². The summed E-state index contributed by atoms with van der Waals surface area (Å²) in [6, 6.07) is 12.1. The molecule has 2 aromatic rings. The highest BCUT2D eigenvalue weighted by Crippen LogP contribution is 2.26. The summed E-state index contributed by atoms with van der Waals surface area (Å²) in [5.41, 5.74) is 0.313. The molecule has 0 aliphatic heterocycles. The summed E-state index contributed by atoms with van der Waals surface area (Å²) in [5.74, 6) is 0.617. The predicted octanol–water partition coefficient (Wildman–Crippen LogP) is 4.09. The minimum atomic E-state index is -3.97. The van der Waals surface area contributed by atoms with Crippen LogP contribution in [0.1, 0.15) is 13.3 Å². The standard InChI is InChI=1S/C17H17Cl2NO4S/c1-2-11-24-15-7-5-14(6-8-15)20(12-17(19)21)25(22,23)16-9-3-13(18)4-10-16/h3-10H,2,11-12H2,1H3. The lowest BCUT2D eigenvalue weighted by Crippen LogP contribution is -2.34. The molecule has 0 spiro atoms. The van der Waals surface area contributed by atoms with Gasteiger partial charge in [0.05, 0.1) is 17.2 Å². The molecule has 25 heavy (non-hydrogen) atoms. The molecule has 0 atom stereocenters. The van der Waals surface area contributed by atoms with Crippen molar-refractivity contribution in [3.63, 3.8) is 0 Å². The summed E-state index contributed by atoms with van der Waals surface area (Å²) in [7, 11) is -3.97. The minimum Gasteiger partial charge on any atom is -0.494 e. The second-order valence-electron chi connectivity index (χ2n) is 5.16. The van der Waals surface area contributed by atoms with Gasteiger partial charge in [-0.1, -0.05) is 18.5 Å². The van der Waals surface area contributed by atoms with Crippen molar-refractivity contribution >= 4 is 44.2 Å². The van der Waals surface area contributed by atoms with E-state index in [-0.39, 0.29) is 4.90 Å². The topological polar surface area (TPSA) is 63.7 Å². The summed E-state index contributed by atoms with van der Waals surface area (Å²) in [6.45, 7) is 2.06. The molecule has 0 aromatic heterocycles. The number of halogens is 2. The van der Waals surface area contributed by atoms with Crippen molar-refractivity contribution in [2.24, 2.45) is 0 Å². The van der Waals surface area contributed by atoms with E-state index >= 15 is 0 Å². The first-order chi connectivity index (χ1) is 11.8. The largest absolute Gasteiger partial charge is 0.494 e. The lowest BCUT2D eigenvalue weighted by atomic mass is 10.3. The average Bonchev–Trinajstić information content (AvgIpc) is 2.58. The van der Waals surface area contributed by atoms with E-state index < -0.39 is 21.8 Å². The number of sulfonamides is 1. The van der Waals surface area contributed by atoms with E-state index in [1.165, 1.54) is 24.3 Å². The van der Waals surface area contributed by atoms with Crippen LogP contribution in [0, 0.1) is 0 Å². The van der Waals surface area contributed by atoms with Gasteiger partial charge < -0.3 is 4.74 Å². The number of carbonyl (C=O) groups is 1. The lowest BCUT2D eigenvalue weighted by Gasteiger charge is -2.23. The molecule has 0 aliphatic carbocycles. The molecule has 5 nitrogen and oxygen atoms in total. The third-order valence-corrected chi connectivity index (χ3v) is 5.43. The molecule has 0 unspecified atom stereocenters. The van der Waals surface area contributed by atoms with E-state index in [9.17, 15) is 13.2 Å². The van der Waals surface area contributed by atoms with E-state index in [1.54, 1.807) is 24.3 Å². The third kappa shape index (κ3) is 5.11. The Hall–Kier alpha value is -1.76. The first-order valence-corrected chi connectivity index (χ1v) is 9.73. The Bertz CT molecular complexity index is 821. The zero-order chi connectivity index (χ0) is 18.4. The van der Waals surface area contributed by atoms with Crippen molar-refractivity contribution in [1.82, 2.24) is 0 Å². The van der Waals surface area contributed by atoms with Gasteiger partial charge in [0.1, 0.15) is 12.3 Å². The highest BCUT2D eigenvalue weighted by atomic mass is 35.5. The molecule has 0 saturated heterocycles. The number of hydrogen-bond acceptors (Lipinski definition) is 4. The van der Waals surface area contributed by atoms with Crippen LogP contribution in [0.3, 0.4) is 0 Å². The maximum atomic E-state index is 12.9. The molecule has 2 aromatic carbocycles.